The van der Waals surface area contributed by atoms with E-state index in [1.54, 1.807) is 30.6 Å². The maximum atomic E-state index is 12.4. The van der Waals surface area contributed by atoms with Crippen LogP contribution in [0.4, 0.5) is 5.82 Å². The quantitative estimate of drug-likeness (QED) is 0.378. The molecule has 0 radical (unpaired) electrons. The standard InChI is InChI=1S/C19H21BrN6O4S/c1-2-8-25-31(27,28)26-17-16(14-4-6-15(20)7-5-14)18(24-13-23-17)29-11-12-30-19-21-9-3-10-22-19/h3-7,9-10,13,25H,2,8,11-12H2,1H3,(H,23,24,26). The van der Waals surface area contributed by atoms with Crippen LogP contribution in [0, 0.1) is 0 Å². The van der Waals surface area contributed by atoms with Crippen molar-refractivity contribution in [2.24, 2.45) is 0 Å². The summed E-state index contributed by atoms with van der Waals surface area (Å²) >= 11 is 3.39. The lowest BCUT2D eigenvalue weighted by molar-refractivity contribution is 0.202. The Kier molecular flexibility index (Phi) is 8.09. The molecule has 1 aromatic carbocycles. The molecule has 164 valence electrons. The van der Waals surface area contributed by atoms with Crippen LogP contribution in [0.3, 0.4) is 0 Å². The third-order valence-electron chi connectivity index (χ3n) is 3.81. The highest BCUT2D eigenvalue weighted by Gasteiger charge is 2.19. The van der Waals surface area contributed by atoms with Gasteiger partial charge >= 0.3 is 6.01 Å². The Labute approximate surface area is 188 Å². The van der Waals surface area contributed by atoms with Gasteiger partial charge in [0.2, 0.25) is 5.88 Å². The fraction of sp³-hybridized carbons (Fsp3) is 0.263. The SMILES string of the molecule is CCCNS(=O)(=O)Nc1ncnc(OCCOc2ncccn2)c1-c1ccc(Br)cc1. The van der Waals surface area contributed by atoms with Crippen LogP contribution in [-0.2, 0) is 10.2 Å². The minimum absolute atomic E-state index is 0.100. The average Bonchev–Trinajstić information content (AvgIpc) is 2.77. The van der Waals surface area contributed by atoms with Gasteiger partial charge in [-0.3, -0.25) is 4.72 Å². The van der Waals surface area contributed by atoms with Crippen molar-refractivity contribution in [1.82, 2.24) is 24.7 Å². The number of aromatic nitrogens is 4. The van der Waals surface area contributed by atoms with Crippen molar-refractivity contribution in [3.8, 4) is 23.0 Å². The number of benzene rings is 1. The molecule has 0 bridgehead atoms. The highest BCUT2D eigenvalue weighted by atomic mass is 79.9. The number of halogens is 1. The molecule has 3 aromatic rings. The summed E-state index contributed by atoms with van der Waals surface area (Å²) in [4.78, 5) is 16.3. The van der Waals surface area contributed by atoms with E-state index in [4.69, 9.17) is 9.47 Å². The molecule has 0 saturated heterocycles. The van der Waals surface area contributed by atoms with Crippen LogP contribution in [0.5, 0.6) is 11.9 Å². The molecule has 0 unspecified atom stereocenters. The van der Waals surface area contributed by atoms with Crippen molar-refractivity contribution < 1.29 is 17.9 Å². The fourth-order valence-electron chi connectivity index (χ4n) is 2.46. The lowest BCUT2D eigenvalue weighted by Gasteiger charge is -2.15. The van der Waals surface area contributed by atoms with Gasteiger partial charge in [0.15, 0.2) is 5.82 Å². The van der Waals surface area contributed by atoms with E-state index in [-0.39, 0.29) is 30.9 Å². The first-order valence-corrected chi connectivity index (χ1v) is 11.7. The highest BCUT2D eigenvalue weighted by Crippen LogP contribution is 2.34. The Hall–Kier alpha value is -2.83. The second kappa shape index (κ2) is 11.0. The van der Waals surface area contributed by atoms with Gasteiger partial charge in [-0.15, -0.1) is 0 Å². The number of rotatable bonds is 11. The predicted molar refractivity (Wildman–Crippen MR) is 119 cm³/mol. The molecule has 0 fully saturated rings. The predicted octanol–water partition coefficient (Wildman–Crippen LogP) is 2.81. The van der Waals surface area contributed by atoms with Crippen molar-refractivity contribution >= 4 is 32.0 Å². The second-order valence-corrected chi connectivity index (χ2v) is 8.55. The number of ether oxygens (including phenoxy) is 2. The number of nitrogens with one attached hydrogen (secondary N) is 2. The van der Waals surface area contributed by atoms with E-state index < -0.39 is 10.2 Å². The average molecular weight is 509 g/mol. The van der Waals surface area contributed by atoms with Gasteiger partial charge in [-0.2, -0.15) is 13.1 Å². The van der Waals surface area contributed by atoms with Gasteiger partial charge in [-0.1, -0.05) is 35.0 Å². The number of hydrogen-bond acceptors (Lipinski definition) is 8. The van der Waals surface area contributed by atoms with E-state index in [0.29, 0.717) is 24.1 Å². The van der Waals surface area contributed by atoms with Crippen LogP contribution in [0.25, 0.3) is 11.1 Å². The van der Waals surface area contributed by atoms with E-state index in [9.17, 15) is 8.42 Å². The molecule has 0 aliphatic rings. The van der Waals surface area contributed by atoms with E-state index in [1.807, 2.05) is 19.1 Å². The van der Waals surface area contributed by atoms with E-state index in [0.717, 1.165) is 4.47 Å². The first-order chi connectivity index (χ1) is 15.0. The summed E-state index contributed by atoms with van der Waals surface area (Å²) in [5.74, 6) is 0.311. The minimum atomic E-state index is -3.81. The van der Waals surface area contributed by atoms with Crippen LogP contribution in [0.15, 0.2) is 53.5 Å². The van der Waals surface area contributed by atoms with Crippen molar-refractivity contribution in [2.75, 3.05) is 24.5 Å². The van der Waals surface area contributed by atoms with Gasteiger partial charge < -0.3 is 9.47 Å². The molecule has 10 nitrogen and oxygen atoms in total. The van der Waals surface area contributed by atoms with Crippen LogP contribution in [-0.4, -0.2) is 48.1 Å². The van der Waals surface area contributed by atoms with Gasteiger partial charge in [0.25, 0.3) is 10.2 Å². The molecule has 31 heavy (non-hydrogen) atoms. The molecule has 2 N–H and O–H groups in total. The number of hydrogen-bond donors (Lipinski definition) is 2. The summed E-state index contributed by atoms with van der Waals surface area (Å²) in [5.41, 5.74) is 1.09. The molecular formula is C19H21BrN6O4S. The number of anilines is 1. The molecule has 0 atom stereocenters. The molecule has 12 heteroatoms. The summed E-state index contributed by atoms with van der Waals surface area (Å²) in [6, 6.07) is 9.19. The zero-order chi connectivity index (χ0) is 22.1. The Morgan fingerprint density at radius 3 is 2.42 bits per heavy atom. The van der Waals surface area contributed by atoms with Gasteiger partial charge in [-0.05, 0) is 30.2 Å². The second-order valence-electron chi connectivity index (χ2n) is 6.14. The summed E-state index contributed by atoms with van der Waals surface area (Å²) in [5, 5.41) is 0. The normalized spacial score (nSPS) is 11.2. The third kappa shape index (κ3) is 6.84. The monoisotopic (exact) mass is 508 g/mol. The summed E-state index contributed by atoms with van der Waals surface area (Å²) in [6.07, 6.45) is 5.04. The third-order valence-corrected chi connectivity index (χ3v) is 5.39. The molecule has 0 spiro atoms. The van der Waals surface area contributed by atoms with E-state index in [1.165, 1.54) is 6.33 Å². The molecule has 3 rings (SSSR count). The summed E-state index contributed by atoms with van der Waals surface area (Å²) in [6.45, 7) is 2.48. The lowest BCUT2D eigenvalue weighted by Crippen LogP contribution is -2.31. The lowest BCUT2D eigenvalue weighted by atomic mass is 10.1. The van der Waals surface area contributed by atoms with Crippen molar-refractivity contribution in [3.05, 3.63) is 53.5 Å². The smallest absolute Gasteiger partial charge is 0.316 e. The van der Waals surface area contributed by atoms with Crippen LogP contribution in [0.1, 0.15) is 13.3 Å². The molecular weight excluding hydrogens is 488 g/mol. The maximum absolute atomic E-state index is 12.4. The van der Waals surface area contributed by atoms with Gasteiger partial charge in [0, 0.05) is 23.4 Å². The van der Waals surface area contributed by atoms with Crippen molar-refractivity contribution in [1.29, 1.82) is 0 Å². The summed E-state index contributed by atoms with van der Waals surface area (Å²) in [7, 11) is -3.81. The van der Waals surface area contributed by atoms with Crippen LogP contribution < -0.4 is 18.9 Å². The minimum Gasteiger partial charge on any atom is -0.473 e. The first kappa shape index (κ1) is 22.8. The molecule has 2 aromatic heterocycles. The van der Waals surface area contributed by atoms with E-state index >= 15 is 0 Å². The van der Waals surface area contributed by atoms with Crippen LogP contribution >= 0.6 is 15.9 Å². The topological polar surface area (TPSA) is 128 Å². The largest absolute Gasteiger partial charge is 0.473 e. The molecule has 0 amide bonds. The molecule has 0 aliphatic carbocycles. The zero-order valence-electron chi connectivity index (χ0n) is 16.7. The van der Waals surface area contributed by atoms with Crippen molar-refractivity contribution in [3.63, 3.8) is 0 Å². The van der Waals surface area contributed by atoms with Gasteiger partial charge in [0.1, 0.15) is 19.5 Å². The van der Waals surface area contributed by atoms with E-state index in [2.05, 4.69) is 45.3 Å². The van der Waals surface area contributed by atoms with Gasteiger partial charge in [0.05, 0.1) is 5.56 Å². The van der Waals surface area contributed by atoms with Gasteiger partial charge in [-0.25, -0.2) is 19.9 Å². The Morgan fingerprint density at radius 2 is 1.71 bits per heavy atom. The first-order valence-electron chi connectivity index (χ1n) is 9.39. The Morgan fingerprint density at radius 1 is 1.00 bits per heavy atom. The molecule has 2 heterocycles. The zero-order valence-corrected chi connectivity index (χ0v) is 19.1. The Bertz CT molecular complexity index is 1080. The number of nitrogens with zero attached hydrogens (tertiary/aromatic N) is 4. The maximum Gasteiger partial charge on any atom is 0.316 e. The van der Waals surface area contributed by atoms with Crippen LogP contribution in [0.2, 0.25) is 0 Å². The molecule has 0 saturated carbocycles. The Balaban J connectivity index is 1.83. The summed E-state index contributed by atoms with van der Waals surface area (Å²) < 4.78 is 41.7. The van der Waals surface area contributed by atoms with Crippen molar-refractivity contribution in [2.45, 2.75) is 13.3 Å². The highest BCUT2D eigenvalue weighted by molar-refractivity contribution is 9.10. The molecule has 0 aliphatic heterocycles. The fourth-order valence-corrected chi connectivity index (χ4v) is 3.68.